The summed E-state index contributed by atoms with van der Waals surface area (Å²) in [6, 6.07) is 10.8. The van der Waals surface area contributed by atoms with Gasteiger partial charge < -0.3 is 4.90 Å². The molecule has 0 N–H and O–H groups in total. The van der Waals surface area contributed by atoms with Crippen molar-refractivity contribution < 1.29 is 4.79 Å². The van der Waals surface area contributed by atoms with E-state index >= 15 is 0 Å². The fourth-order valence-electron chi connectivity index (χ4n) is 3.23. The molecule has 0 unspecified atom stereocenters. The average Bonchev–Trinajstić information content (AvgIpc) is 2.54. The second kappa shape index (κ2) is 9.09. The quantitative estimate of drug-likeness (QED) is 0.683. The van der Waals surface area contributed by atoms with Crippen LogP contribution in [0.3, 0.4) is 0 Å². The van der Waals surface area contributed by atoms with Crippen molar-refractivity contribution in [2.75, 3.05) is 12.4 Å². The maximum atomic E-state index is 12.5. The second-order valence-corrected chi connectivity index (χ2v) is 6.29. The number of halogens is 1. The van der Waals surface area contributed by atoms with E-state index in [1.54, 1.807) is 0 Å². The van der Waals surface area contributed by atoms with Crippen LogP contribution in [-0.4, -0.2) is 29.3 Å². The summed E-state index contributed by atoms with van der Waals surface area (Å²) in [5.41, 5.74) is 1.31. The Hall–Kier alpha value is -1.02. The van der Waals surface area contributed by atoms with Crippen LogP contribution in [0.15, 0.2) is 30.3 Å². The maximum absolute atomic E-state index is 12.5. The number of benzene rings is 1. The summed E-state index contributed by atoms with van der Waals surface area (Å²) in [5, 5.41) is 0. The molecule has 0 saturated heterocycles. The number of carbonyl (C=O) groups is 1. The molecule has 0 spiro atoms. The number of nitrogens with zero attached hydrogens (tertiary/aromatic N) is 1. The molecule has 0 aliphatic heterocycles. The first-order valence-corrected chi connectivity index (χ1v) is 8.74. The van der Waals surface area contributed by atoms with Gasteiger partial charge in [0.05, 0.1) is 0 Å². The molecule has 2 nitrogen and oxygen atoms in total. The van der Waals surface area contributed by atoms with E-state index in [9.17, 15) is 4.79 Å². The number of rotatable bonds is 7. The molecular weight excluding hydrogens is 282 g/mol. The van der Waals surface area contributed by atoms with Crippen LogP contribution in [0.2, 0.25) is 0 Å². The van der Waals surface area contributed by atoms with E-state index in [1.807, 2.05) is 6.07 Å². The highest BCUT2D eigenvalue weighted by Gasteiger charge is 2.24. The zero-order valence-electron chi connectivity index (χ0n) is 12.8. The first-order chi connectivity index (χ1) is 10.3. The zero-order valence-corrected chi connectivity index (χ0v) is 13.5. The van der Waals surface area contributed by atoms with Crippen LogP contribution in [0.1, 0.15) is 50.5 Å². The van der Waals surface area contributed by atoms with E-state index in [-0.39, 0.29) is 0 Å². The number of hydrogen-bond acceptors (Lipinski definition) is 1. The van der Waals surface area contributed by atoms with E-state index in [0.29, 0.717) is 30.8 Å². The van der Waals surface area contributed by atoms with Gasteiger partial charge in [0.25, 0.3) is 0 Å². The van der Waals surface area contributed by atoms with E-state index in [4.69, 9.17) is 11.6 Å². The van der Waals surface area contributed by atoms with Crippen molar-refractivity contribution in [3.8, 4) is 0 Å². The molecule has 1 aromatic rings. The van der Waals surface area contributed by atoms with Crippen molar-refractivity contribution >= 4 is 17.5 Å². The third-order valence-electron chi connectivity index (χ3n) is 4.36. The Labute approximate surface area is 133 Å². The van der Waals surface area contributed by atoms with Crippen LogP contribution in [0.4, 0.5) is 0 Å². The lowest BCUT2D eigenvalue weighted by molar-refractivity contribution is -0.134. The number of amides is 1. The normalized spacial score (nSPS) is 15.9. The summed E-state index contributed by atoms with van der Waals surface area (Å²) in [6.07, 6.45) is 8.67. The van der Waals surface area contributed by atoms with Gasteiger partial charge in [-0.15, -0.1) is 11.6 Å². The lowest BCUT2D eigenvalue weighted by Gasteiger charge is -2.34. The summed E-state index contributed by atoms with van der Waals surface area (Å²) in [7, 11) is 0. The van der Waals surface area contributed by atoms with Gasteiger partial charge >= 0.3 is 0 Å². The fourth-order valence-corrected chi connectivity index (χ4v) is 3.41. The van der Waals surface area contributed by atoms with Crippen LogP contribution in [0, 0.1) is 0 Å². The van der Waals surface area contributed by atoms with Crippen LogP contribution in [0.25, 0.3) is 0 Å². The van der Waals surface area contributed by atoms with Gasteiger partial charge in [-0.3, -0.25) is 4.79 Å². The number of alkyl halides is 1. The zero-order chi connectivity index (χ0) is 14.9. The highest BCUT2D eigenvalue weighted by Crippen LogP contribution is 2.23. The molecule has 0 aromatic heterocycles. The molecule has 1 aliphatic rings. The SMILES string of the molecule is O=C(CCCc1ccccc1)N(CCCl)C1CCCCC1. The Bertz CT molecular complexity index is 414. The third-order valence-corrected chi connectivity index (χ3v) is 4.53. The van der Waals surface area contributed by atoms with Gasteiger partial charge in [0.15, 0.2) is 0 Å². The van der Waals surface area contributed by atoms with Gasteiger partial charge in [-0.1, -0.05) is 49.6 Å². The fraction of sp³-hybridized carbons (Fsp3) is 0.611. The van der Waals surface area contributed by atoms with Gasteiger partial charge in [-0.25, -0.2) is 0 Å². The van der Waals surface area contributed by atoms with E-state index in [0.717, 1.165) is 25.7 Å². The topological polar surface area (TPSA) is 20.3 Å². The van der Waals surface area contributed by atoms with E-state index in [2.05, 4.69) is 29.2 Å². The Morgan fingerprint density at radius 1 is 1.14 bits per heavy atom. The first-order valence-electron chi connectivity index (χ1n) is 8.20. The third kappa shape index (κ3) is 5.35. The molecular formula is C18H26ClNO. The summed E-state index contributed by atoms with van der Waals surface area (Å²) in [4.78, 5) is 14.5. The summed E-state index contributed by atoms with van der Waals surface area (Å²) < 4.78 is 0. The lowest BCUT2D eigenvalue weighted by Crippen LogP contribution is -2.42. The van der Waals surface area contributed by atoms with Gasteiger partial charge in [-0.2, -0.15) is 0 Å². The molecule has 1 amide bonds. The van der Waals surface area contributed by atoms with Crippen molar-refractivity contribution in [3.05, 3.63) is 35.9 Å². The van der Waals surface area contributed by atoms with Crippen molar-refractivity contribution in [2.24, 2.45) is 0 Å². The Morgan fingerprint density at radius 2 is 1.86 bits per heavy atom. The standard InChI is InChI=1S/C18H26ClNO/c19-14-15-20(17-11-5-2-6-12-17)18(21)13-7-10-16-8-3-1-4-9-16/h1,3-4,8-9,17H,2,5-7,10-15H2. The smallest absolute Gasteiger partial charge is 0.222 e. The molecule has 2 rings (SSSR count). The number of aryl methyl sites for hydroxylation is 1. The molecule has 0 radical (unpaired) electrons. The number of hydrogen-bond donors (Lipinski definition) is 0. The summed E-state index contributed by atoms with van der Waals surface area (Å²) in [6.45, 7) is 0.705. The van der Waals surface area contributed by atoms with Crippen LogP contribution >= 0.6 is 11.6 Å². The van der Waals surface area contributed by atoms with Gasteiger partial charge in [0, 0.05) is 24.9 Å². The molecule has 1 aromatic carbocycles. The summed E-state index contributed by atoms with van der Waals surface area (Å²) in [5.74, 6) is 0.833. The predicted molar refractivity (Wildman–Crippen MR) is 88.7 cm³/mol. The second-order valence-electron chi connectivity index (χ2n) is 5.91. The van der Waals surface area contributed by atoms with Crippen molar-refractivity contribution in [1.29, 1.82) is 0 Å². The van der Waals surface area contributed by atoms with Crippen molar-refractivity contribution in [1.82, 2.24) is 4.90 Å². The highest BCUT2D eigenvalue weighted by molar-refractivity contribution is 6.18. The van der Waals surface area contributed by atoms with Gasteiger partial charge in [0.1, 0.15) is 0 Å². The minimum absolute atomic E-state index is 0.290. The maximum Gasteiger partial charge on any atom is 0.222 e. The first kappa shape index (κ1) is 16.4. The molecule has 3 heteroatoms. The number of carbonyl (C=O) groups excluding carboxylic acids is 1. The van der Waals surface area contributed by atoms with E-state index < -0.39 is 0 Å². The average molecular weight is 308 g/mol. The molecule has 21 heavy (non-hydrogen) atoms. The van der Waals surface area contributed by atoms with Crippen molar-refractivity contribution in [3.63, 3.8) is 0 Å². The Morgan fingerprint density at radius 3 is 2.52 bits per heavy atom. The van der Waals surface area contributed by atoms with Crippen molar-refractivity contribution in [2.45, 2.75) is 57.4 Å². The van der Waals surface area contributed by atoms with Gasteiger partial charge in [-0.05, 0) is 31.2 Å². The molecule has 116 valence electrons. The lowest BCUT2D eigenvalue weighted by atomic mass is 9.94. The molecule has 1 fully saturated rings. The van der Waals surface area contributed by atoms with Crippen LogP contribution < -0.4 is 0 Å². The molecule has 0 atom stereocenters. The Balaban J connectivity index is 1.80. The van der Waals surface area contributed by atoms with Crippen LogP contribution in [-0.2, 0) is 11.2 Å². The van der Waals surface area contributed by atoms with Gasteiger partial charge in [0.2, 0.25) is 5.91 Å². The summed E-state index contributed by atoms with van der Waals surface area (Å²) >= 11 is 5.90. The predicted octanol–water partition coefficient (Wildman–Crippen LogP) is 4.41. The highest BCUT2D eigenvalue weighted by atomic mass is 35.5. The Kier molecular flexibility index (Phi) is 7.08. The van der Waals surface area contributed by atoms with Crippen LogP contribution in [0.5, 0.6) is 0 Å². The molecule has 1 saturated carbocycles. The minimum Gasteiger partial charge on any atom is -0.339 e. The monoisotopic (exact) mass is 307 g/mol. The molecule has 0 bridgehead atoms. The van der Waals surface area contributed by atoms with E-state index in [1.165, 1.54) is 24.8 Å². The largest absolute Gasteiger partial charge is 0.339 e. The molecule has 1 aliphatic carbocycles. The minimum atomic E-state index is 0.290. The molecule has 0 heterocycles.